The minimum atomic E-state index is 0.359. The van der Waals surface area contributed by atoms with Gasteiger partial charge in [-0.25, -0.2) is 0 Å². The van der Waals surface area contributed by atoms with Gasteiger partial charge in [-0.3, -0.25) is 4.90 Å². The monoisotopic (exact) mass is 230 g/mol. The number of hydrogen-bond acceptors (Lipinski definition) is 2. The molecule has 0 fully saturated rings. The summed E-state index contributed by atoms with van der Waals surface area (Å²) in [6, 6.07) is 10.9. The van der Waals surface area contributed by atoms with Crippen LogP contribution in [0, 0.1) is 12.3 Å². The van der Waals surface area contributed by atoms with E-state index in [9.17, 15) is 0 Å². The van der Waals surface area contributed by atoms with Gasteiger partial charge in [-0.15, -0.1) is 6.42 Å². The van der Waals surface area contributed by atoms with Crippen molar-refractivity contribution in [2.45, 2.75) is 19.4 Å². The zero-order valence-electron chi connectivity index (χ0n) is 10.8. The molecule has 1 rings (SSSR count). The fourth-order valence-electron chi connectivity index (χ4n) is 2.08. The molecule has 0 aliphatic heterocycles. The average Bonchev–Trinajstić information content (AvgIpc) is 2.37. The van der Waals surface area contributed by atoms with Gasteiger partial charge in [-0.05, 0) is 25.6 Å². The third-order valence-electron chi connectivity index (χ3n) is 2.83. The quantitative estimate of drug-likeness (QED) is 0.723. The lowest BCUT2D eigenvalue weighted by atomic mass is 10.0. The highest BCUT2D eigenvalue weighted by molar-refractivity contribution is 5.20. The first-order valence-corrected chi connectivity index (χ1v) is 6.20. The molecule has 0 heterocycles. The van der Waals surface area contributed by atoms with E-state index in [0.29, 0.717) is 12.6 Å². The van der Waals surface area contributed by atoms with E-state index in [1.807, 2.05) is 13.1 Å². The van der Waals surface area contributed by atoms with Gasteiger partial charge in [0, 0.05) is 12.6 Å². The van der Waals surface area contributed by atoms with Gasteiger partial charge >= 0.3 is 0 Å². The summed E-state index contributed by atoms with van der Waals surface area (Å²) < 4.78 is 0. The van der Waals surface area contributed by atoms with E-state index in [1.165, 1.54) is 5.56 Å². The first-order chi connectivity index (χ1) is 8.33. The van der Waals surface area contributed by atoms with Crippen LogP contribution in [0.5, 0.6) is 0 Å². The highest BCUT2D eigenvalue weighted by Crippen LogP contribution is 2.19. The molecule has 92 valence electrons. The number of benzene rings is 1. The van der Waals surface area contributed by atoms with Crippen LogP contribution in [0.4, 0.5) is 0 Å². The smallest absolute Gasteiger partial charge is 0.0604 e. The molecular weight excluding hydrogens is 208 g/mol. The fourth-order valence-corrected chi connectivity index (χ4v) is 2.08. The predicted octanol–water partition coefficient (Wildman–Crippen LogP) is 2.29. The Bertz CT molecular complexity index is 340. The topological polar surface area (TPSA) is 15.3 Å². The average molecular weight is 230 g/mol. The summed E-state index contributed by atoms with van der Waals surface area (Å²) >= 11 is 0. The van der Waals surface area contributed by atoms with Crippen LogP contribution < -0.4 is 5.32 Å². The summed E-state index contributed by atoms with van der Waals surface area (Å²) in [5.74, 6) is 2.76. The summed E-state index contributed by atoms with van der Waals surface area (Å²) in [5, 5.41) is 3.25. The van der Waals surface area contributed by atoms with Crippen LogP contribution in [-0.2, 0) is 0 Å². The summed E-state index contributed by atoms with van der Waals surface area (Å²) in [6.45, 7) is 4.84. The van der Waals surface area contributed by atoms with Crippen molar-refractivity contribution < 1.29 is 0 Å². The zero-order chi connectivity index (χ0) is 12.5. The molecule has 1 atom stereocenters. The second-order valence-electron chi connectivity index (χ2n) is 4.16. The van der Waals surface area contributed by atoms with E-state index in [1.54, 1.807) is 0 Å². The molecule has 1 N–H and O–H groups in total. The lowest BCUT2D eigenvalue weighted by molar-refractivity contribution is 0.220. The van der Waals surface area contributed by atoms with Crippen molar-refractivity contribution in [2.24, 2.45) is 0 Å². The third kappa shape index (κ3) is 4.22. The molecule has 1 aromatic rings. The number of likely N-dealkylation sites (N-methyl/N-ethyl adjacent to an activating group) is 1. The van der Waals surface area contributed by atoms with Crippen molar-refractivity contribution in [1.82, 2.24) is 10.2 Å². The Labute approximate surface area is 105 Å². The molecule has 1 aromatic carbocycles. The highest BCUT2D eigenvalue weighted by atomic mass is 15.2. The molecule has 0 bridgehead atoms. The Morgan fingerprint density at radius 2 is 2.06 bits per heavy atom. The van der Waals surface area contributed by atoms with Gasteiger partial charge in [0.25, 0.3) is 0 Å². The third-order valence-corrected chi connectivity index (χ3v) is 2.83. The number of rotatable bonds is 7. The van der Waals surface area contributed by atoms with Gasteiger partial charge < -0.3 is 5.32 Å². The van der Waals surface area contributed by atoms with Gasteiger partial charge in [-0.2, -0.15) is 0 Å². The van der Waals surface area contributed by atoms with E-state index in [2.05, 4.69) is 47.3 Å². The van der Waals surface area contributed by atoms with E-state index in [0.717, 1.165) is 19.5 Å². The largest absolute Gasteiger partial charge is 0.318 e. The molecular formula is C15H22N2. The van der Waals surface area contributed by atoms with Gasteiger partial charge in [0.1, 0.15) is 0 Å². The maximum absolute atomic E-state index is 5.46. The van der Waals surface area contributed by atoms with Crippen LogP contribution in [0.25, 0.3) is 0 Å². The van der Waals surface area contributed by atoms with Crippen LogP contribution in [-0.4, -0.2) is 31.6 Å². The van der Waals surface area contributed by atoms with Crippen LogP contribution in [0.2, 0.25) is 0 Å². The van der Waals surface area contributed by atoms with E-state index in [-0.39, 0.29) is 0 Å². The molecule has 0 aliphatic rings. The SMILES string of the molecule is C#CCN(CCC)C(CNC)c1ccccc1. The normalized spacial score (nSPS) is 12.4. The van der Waals surface area contributed by atoms with Crippen LogP contribution in [0.15, 0.2) is 30.3 Å². The highest BCUT2D eigenvalue weighted by Gasteiger charge is 2.17. The van der Waals surface area contributed by atoms with Crippen molar-refractivity contribution in [3.8, 4) is 12.3 Å². The molecule has 0 saturated carbocycles. The fraction of sp³-hybridized carbons (Fsp3) is 0.467. The van der Waals surface area contributed by atoms with Gasteiger partial charge in [0.05, 0.1) is 6.54 Å². The van der Waals surface area contributed by atoms with Crippen molar-refractivity contribution >= 4 is 0 Å². The van der Waals surface area contributed by atoms with Crippen molar-refractivity contribution in [3.63, 3.8) is 0 Å². The first kappa shape index (κ1) is 13.8. The molecule has 17 heavy (non-hydrogen) atoms. The summed E-state index contributed by atoms with van der Waals surface area (Å²) in [4.78, 5) is 2.35. The van der Waals surface area contributed by atoms with Crippen LogP contribution >= 0.6 is 0 Å². The van der Waals surface area contributed by atoms with Gasteiger partial charge in [-0.1, -0.05) is 43.2 Å². The predicted molar refractivity (Wildman–Crippen MR) is 73.8 cm³/mol. The molecule has 0 aromatic heterocycles. The molecule has 0 spiro atoms. The Kier molecular flexibility index (Phi) is 6.39. The molecule has 0 saturated heterocycles. The molecule has 0 amide bonds. The van der Waals surface area contributed by atoms with Crippen LogP contribution in [0.3, 0.4) is 0 Å². The summed E-state index contributed by atoms with van der Waals surface area (Å²) in [5.41, 5.74) is 1.32. The summed E-state index contributed by atoms with van der Waals surface area (Å²) in [7, 11) is 1.98. The molecule has 0 radical (unpaired) electrons. The number of terminal acetylenes is 1. The Morgan fingerprint density at radius 1 is 1.35 bits per heavy atom. The van der Waals surface area contributed by atoms with Crippen LogP contribution in [0.1, 0.15) is 24.9 Å². The number of nitrogens with one attached hydrogen (secondary N) is 1. The number of hydrogen-bond donors (Lipinski definition) is 1. The second kappa shape index (κ2) is 7.89. The number of nitrogens with zero attached hydrogens (tertiary/aromatic N) is 1. The summed E-state index contributed by atoms with van der Waals surface area (Å²) in [6.07, 6.45) is 6.58. The molecule has 2 nitrogen and oxygen atoms in total. The van der Waals surface area contributed by atoms with Gasteiger partial charge in [0.2, 0.25) is 0 Å². The zero-order valence-corrected chi connectivity index (χ0v) is 10.8. The second-order valence-corrected chi connectivity index (χ2v) is 4.16. The maximum Gasteiger partial charge on any atom is 0.0604 e. The van der Waals surface area contributed by atoms with Crippen molar-refractivity contribution in [3.05, 3.63) is 35.9 Å². The molecule has 1 unspecified atom stereocenters. The first-order valence-electron chi connectivity index (χ1n) is 6.20. The molecule has 0 aliphatic carbocycles. The molecule has 2 heteroatoms. The lowest BCUT2D eigenvalue weighted by Crippen LogP contribution is -2.35. The minimum Gasteiger partial charge on any atom is -0.318 e. The Hall–Kier alpha value is -1.30. The Morgan fingerprint density at radius 3 is 2.59 bits per heavy atom. The van der Waals surface area contributed by atoms with Crippen molar-refractivity contribution in [1.29, 1.82) is 0 Å². The minimum absolute atomic E-state index is 0.359. The van der Waals surface area contributed by atoms with Crippen molar-refractivity contribution in [2.75, 3.05) is 26.7 Å². The Balaban J connectivity index is 2.86. The maximum atomic E-state index is 5.46. The lowest BCUT2D eigenvalue weighted by Gasteiger charge is -2.30. The van der Waals surface area contributed by atoms with E-state index < -0.39 is 0 Å². The van der Waals surface area contributed by atoms with Gasteiger partial charge in [0.15, 0.2) is 0 Å². The van der Waals surface area contributed by atoms with E-state index >= 15 is 0 Å². The standard InChI is InChI=1S/C15H22N2/c1-4-11-17(12-5-2)15(13-16-3)14-9-7-6-8-10-14/h1,6-10,15-16H,5,11-13H2,2-3H3. The van der Waals surface area contributed by atoms with E-state index in [4.69, 9.17) is 6.42 Å².